The van der Waals surface area contributed by atoms with Crippen molar-refractivity contribution in [2.24, 2.45) is 10.7 Å². The van der Waals surface area contributed by atoms with Crippen molar-refractivity contribution < 1.29 is 9.90 Å². The highest BCUT2D eigenvalue weighted by atomic mass is 79.9. The smallest absolute Gasteiger partial charge is 0.339 e. The molecule has 0 atom stereocenters. The minimum absolute atomic E-state index is 0.0611. The van der Waals surface area contributed by atoms with Gasteiger partial charge >= 0.3 is 5.97 Å². The van der Waals surface area contributed by atoms with Gasteiger partial charge in [0.05, 0.1) is 17.1 Å². The molecule has 4 nitrogen and oxygen atoms in total. The zero-order valence-electron chi connectivity index (χ0n) is 7.58. The van der Waals surface area contributed by atoms with Gasteiger partial charge in [-0.3, -0.25) is 0 Å². The van der Waals surface area contributed by atoms with Crippen molar-refractivity contribution in [3.63, 3.8) is 0 Å². The Morgan fingerprint density at radius 2 is 2.27 bits per heavy atom. The third kappa shape index (κ3) is 2.94. The van der Waals surface area contributed by atoms with Gasteiger partial charge in [0, 0.05) is 4.47 Å². The fourth-order valence-corrected chi connectivity index (χ4v) is 1.59. The highest BCUT2D eigenvalue weighted by molar-refractivity contribution is 9.10. The van der Waals surface area contributed by atoms with Crippen LogP contribution in [0.2, 0.25) is 0 Å². The first kappa shape index (κ1) is 12.0. The van der Waals surface area contributed by atoms with Crippen LogP contribution >= 0.6 is 27.5 Å². The summed E-state index contributed by atoms with van der Waals surface area (Å²) >= 11 is 8.59. The lowest BCUT2D eigenvalue weighted by atomic mass is 10.2. The first-order valence-electron chi connectivity index (χ1n) is 3.97. The highest BCUT2D eigenvalue weighted by Gasteiger charge is 2.13. The zero-order chi connectivity index (χ0) is 11.4. The second-order valence-electron chi connectivity index (χ2n) is 2.68. The zero-order valence-corrected chi connectivity index (χ0v) is 9.92. The first-order valence-corrected chi connectivity index (χ1v) is 5.29. The molecule has 0 amide bonds. The molecule has 1 aromatic rings. The molecule has 80 valence electrons. The van der Waals surface area contributed by atoms with E-state index in [0.717, 1.165) is 0 Å². The Morgan fingerprint density at radius 1 is 1.60 bits per heavy atom. The molecule has 0 fully saturated rings. The van der Waals surface area contributed by atoms with Crippen LogP contribution in [-0.2, 0) is 0 Å². The second kappa shape index (κ2) is 5.14. The van der Waals surface area contributed by atoms with Gasteiger partial charge in [-0.1, -0.05) is 6.07 Å². The van der Waals surface area contributed by atoms with Crippen LogP contribution < -0.4 is 5.73 Å². The maximum Gasteiger partial charge on any atom is 0.339 e. The van der Waals surface area contributed by atoms with Crippen LogP contribution in [0.25, 0.3) is 0 Å². The first-order chi connectivity index (χ1) is 7.06. The van der Waals surface area contributed by atoms with Gasteiger partial charge < -0.3 is 10.8 Å². The second-order valence-corrected chi connectivity index (χ2v) is 3.80. The van der Waals surface area contributed by atoms with Crippen LogP contribution in [0, 0.1) is 0 Å². The summed E-state index contributed by atoms with van der Waals surface area (Å²) in [5.74, 6) is -0.827. The van der Waals surface area contributed by atoms with Gasteiger partial charge in [0.2, 0.25) is 0 Å². The van der Waals surface area contributed by atoms with E-state index < -0.39 is 5.97 Å². The number of carboxylic acids is 1. The summed E-state index contributed by atoms with van der Waals surface area (Å²) in [7, 11) is 0. The van der Waals surface area contributed by atoms with Crippen molar-refractivity contribution in [2.75, 3.05) is 5.88 Å². The van der Waals surface area contributed by atoms with E-state index in [1.54, 1.807) is 18.2 Å². The Bertz CT molecular complexity index is 421. The van der Waals surface area contributed by atoms with Crippen molar-refractivity contribution in [2.45, 2.75) is 0 Å². The van der Waals surface area contributed by atoms with Gasteiger partial charge in [-0.15, -0.1) is 11.6 Å². The molecule has 0 aliphatic heterocycles. The number of alkyl halides is 1. The number of aromatic carboxylic acids is 1. The molecule has 0 aliphatic carbocycles. The molecule has 6 heteroatoms. The Labute approximate surface area is 99.9 Å². The minimum Gasteiger partial charge on any atom is -0.478 e. The van der Waals surface area contributed by atoms with E-state index in [4.69, 9.17) is 22.4 Å². The fourth-order valence-electron chi connectivity index (χ4n) is 1.00. The number of benzene rings is 1. The average molecular weight is 292 g/mol. The summed E-state index contributed by atoms with van der Waals surface area (Å²) in [5, 5.41) is 8.96. The Kier molecular flexibility index (Phi) is 4.11. The van der Waals surface area contributed by atoms with Crippen LogP contribution in [0.4, 0.5) is 5.69 Å². The van der Waals surface area contributed by atoms with Crippen LogP contribution in [0.1, 0.15) is 10.4 Å². The van der Waals surface area contributed by atoms with Gasteiger partial charge in [0.15, 0.2) is 0 Å². The standard InChI is InChI=1S/C9H8BrClN2O2/c10-5-2-1-3-6(8(5)9(14)15)13-7(12)4-11/h1-3H,4H2,(H2,12,13)(H,14,15). The van der Waals surface area contributed by atoms with Crippen LogP contribution in [0.15, 0.2) is 27.7 Å². The summed E-state index contributed by atoms with van der Waals surface area (Å²) in [6, 6.07) is 4.86. The molecule has 0 saturated heterocycles. The molecule has 0 radical (unpaired) electrons. The van der Waals surface area contributed by atoms with E-state index in [1.807, 2.05) is 0 Å². The molecule has 0 aromatic heterocycles. The van der Waals surface area contributed by atoms with Crippen LogP contribution in [0.3, 0.4) is 0 Å². The molecule has 0 aliphatic rings. The fraction of sp³-hybridized carbons (Fsp3) is 0.111. The largest absolute Gasteiger partial charge is 0.478 e. The lowest BCUT2D eigenvalue weighted by molar-refractivity contribution is 0.0697. The summed E-state index contributed by atoms with van der Waals surface area (Å²) in [6.45, 7) is 0. The molecule has 1 rings (SSSR count). The molecular formula is C9H8BrClN2O2. The maximum atomic E-state index is 10.9. The van der Waals surface area contributed by atoms with Gasteiger partial charge in [0.1, 0.15) is 5.84 Å². The van der Waals surface area contributed by atoms with Crippen molar-refractivity contribution in [3.05, 3.63) is 28.2 Å². The number of halogens is 2. The van der Waals surface area contributed by atoms with Gasteiger partial charge in [-0.25, -0.2) is 9.79 Å². The third-order valence-electron chi connectivity index (χ3n) is 1.61. The number of nitrogens with two attached hydrogens (primary N) is 1. The number of hydrogen-bond donors (Lipinski definition) is 2. The van der Waals surface area contributed by atoms with Gasteiger partial charge in [-0.2, -0.15) is 0 Å². The SMILES string of the molecule is NC(CCl)=Nc1cccc(Br)c1C(=O)O. The predicted molar refractivity (Wildman–Crippen MR) is 63.1 cm³/mol. The number of rotatable bonds is 3. The van der Waals surface area contributed by atoms with Crippen molar-refractivity contribution in [1.82, 2.24) is 0 Å². The number of nitrogens with zero attached hydrogens (tertiary/aromatic N) is 1. The van der Waals surface area contributed by atoms with E-state index in [-0.39, 0.29) is 23.0 Å². The minimum atomic E-state index is -1.07. The van der Waals surface area contributed by atoms with Crippen molar-refractivity contribution in [3.8, 4) is 0 Å². The molecule has 0 bridgehead atoms. The van der Waals surface area contributed by atoms with Gasteiger partial charge in [0.25, 0.3) is 0 Å². The molecule has 3 N–H and O–H groups in total. The van der Waals surface area contributed by atoms with Crippen LogP contribution in [0.5, 0.6) is 0 Å². The Balaban J connectivity index is 3.29. The molecule has 0 spiro atoms. The maximum absolute atomic E-state index is 10.9. The lowest BCUT2D eigenvalue weighted by Crippen LogP contribution is -2.12. The number of amidine groups is 1. The van der Waals surface area contributed by atoms with Crippen LogP contribution in [-0.4, -0.2) is 22.8 Å². The summed E-state index contributed by atoms with van der Waals surface area (Å²) in [4.78, 5) is 14.9. The molecule has 0 saturated carbocycles. The topological polar surface area (TPSA) is 75.7 Å². The van der Waals surface area contributed by atoms with Crippen molar-refractivity contribution in [1.29, 1.82) is 0 Å². The molecular weight excluding hydrogens is 283 g/mol. The molecule has 1 aromatic carbocycles. The summed E-state index contributed by atoms with van der Waals surface area (Å²) < 4.78 is 0.457. The van der Waals surface area contributed by atoms with E-state index in [0.29, 0.717) is 4.47 Å². The predicted octanol–water partition coefficient (Wildman–Crippen LogP) is 2.37. The Morgan fingerprint density at radius 3 is 2.80 bits per heavy atom. The normalized spacial score (nSPS) is 11.5. The highest BCUT2D eigenvalue weighted by Crippen LogP contribution is 2.27. The number of aliphatic imine (C=N–C) groups is 1. The quantitative estimate of drug-likeness (QED) is 0.510. The van der Waals surface area contributed by atoms with E-state index in [1.165, 1.54) is 0 Å². The van der Waals surface area contributed by atoms with E-state index in [9.17, 15) is 4.79 Å². The lowest BCUT2D eigenvalue weighted by Gasteiger charge is -2.03. The average Bonchev–Trinajstić information content (AvgIpc) is 2.17. The van der Waals surface area contributed by atoms with Gasteiger partial charge in [-0.05, 0) is 28.1 Å². The molecule has 15 heavy (non-hydrogen) atoms. The van der Waals surface area contributed by atoms with E-state index in [2.05, 4.69) is 20.9 Å². The van der Waals surface area contributed by atoms with Crippen molar-refractivity contribution >= 4 is 45.0 Å². The summed E-state index contributed by atoms with van der Waals surface area (Å²) in [6.07, 6.45) is 0. The number of hydrogen-bond acceptors (Lipinski definition) is 2. The molecule has 0 heterocycles. The Hall–Kier alpha value is -1.07. The number of carbonyl (C=O) groups is 1. The number of carboxylic acid groups (broad SMARTS) is 1. The summed E-state index contributed by atoms with van der Waals surface area (Å²) in [5.41, 5.74) is 5.80. The third-order valence-corrected chi connectivity index (χ3v) is 2.54. The monoisotopic (exact) mass is 290 g/mol. The van der Waals surface area contributed by atoms with E-state index >= 15 is 0 Å². The molecule has 0 unspecified atom stereocenters.